The molecule has 138 valence electrons. The van der Waals surface area contributed by atoms with E-state index in [-0.39, 0.29) is 35.0 Å². The van der Waals surface area contributed by atoms with Crippen molar-refractivity contribution in [3.8, 4) is 0 Å². The van der Waals surface area contributed by atoms with Gasteiger partial charge in [0.05, 0.1) is 10.6 Å². The van der Waals surface area contributed by atoms with Gasteiger partial charge in [-0.1, -0.05) is 26.8 Å². The normalized spacial score (nSPS) is 16.6. The zero-order chi connectivity index (χ0) is 19.0. The number of rotatable bonds is 5. The first-order chi connectivity index (χ1) is 11.3. The molecule has 1 aromatic rings. The smallest absolute Gasteiger partial charge is 0.241 e. The summed E-state index contributed by atoms with van der Waals surface area (Å²) in [6.45, 7) is 9.83. The molecule has 0 spiro atoms. The first-order valence-electron chi connectivity index (χ1n) is 8.31. The molecule has 0 unspecified atom stereocenters. The molecule has 0 radical (unpaired) electrons. The number of anilines is 1. The average Bonchev–Trinajstić information content (AvgIpc) is 2.74. The lowest BCUT2D eigenvalue weighted by Gasteiger charge is -2.33. The lowest BCUT2D eigenvalue weighted by Crippen LogP contribution is -2.45. The van der Waals surface area contributed by atoms with Crippen LogP contribution in [0.4, 0.5) is 5.69 Å². The van der Waals surface area contributed by atoms with Gasteiger partial charge in [0.2, 0.25) is 21.8 Å². The van der Waals surface area contributed by atoms with E-state index in [4.69, 9.17) is 0 Å². The molecule has 1 aromatic carbocycles. The van der Waals surface area contributed by atoms with Crippen molar-refractivity contribution in [3.63, 3.8) is 0 Å². The van der Waals surface area contributed by atoms with E-state index < -0.39 is 15.6 Å². The Morgan fingerprint density at radius 2 is 1.60 bits per heavy atom. The van der Waals surface area contributed by atoms with Gasteiger partial charge in [0, 0.05) is 18.4 Å². The highest BCUT2D eigenvalue weighted by Gasteiger charge is 2.33. The van der Waals surface area contributed by atoms with Gasteiger partial charge in [-0.3, -0.25) is 14.5 Å². The summed E-state index contributed by atoms with van der Waals surface area (Å²) in [5.41, 5.74) is -0.377. The number of nitrogens with one attached hydrogen (secondary N) is 1. The van der Waals surface area contributed by atoms with Crippen molar-refractivity contribution >= 4 is 27.5 Å². The van der Waals surface area contributed by atoms with Gasteiger partial charge in [-0.05, 0) is 43.9 Å². The maximum absolute atomic E-state index is 12.8. The molecule has 0 bridgehead atoms. The zero-order valence-electron chi connectivity index (χ0n) is 15.4. The Morgan fingerprint density at radius 1 is 1.04 bits per heavy atom. The number of hydrogen-bond acceptors (Lipinski definition) is 4. The molecule has 0 aliphatic carbocycles. The summed E-state index contributed by atoms with van der Waals surface area (Å²) in [4.78, 5) is 24.8. The van der Waals surface area contributed by atoms with Crippen molar-refractivity contribution in [2.45, 2.75) is 64.3 Å². The van der Waals surface area contributed by atoms with Crippen molar-refractivity contribution in [2.24, 2.45) is 5.41 Å². The standard InChI is InChI=1S/C18H26N2O4S/c1-17(2,3)12-18(4,5)19-25(23,24)14-8-6-7-13(11-14)20-15(21)9-10-16(20)22/h6-8,11,19H,9-10,12H2,1-5H3. The van der Waals surface area contributed by atoms with E-state index >= 15 is 0 Å². The molecule has 1 fully saturated rings. The van der Waals surface area contributed by atoms with Gasteiger partial charge < -0.3 is 0 Å². The number of nitrogens with zero attached hydrogens (tertiary/aromatic N) is 1. The van der Waals surface area contributed by atoms with Crippen molar-refractivity contribution in [3.05, 3.63) is 24.3 Å². The van der Waals surface area contributed by atoms with Gasteiger partial charge >= 0.3 is 0 Å². The Kier molecular flexibility index (Phi) is 5.12. The van der Waals surface area contributed by atoms with Gasteiger partial charge in [0.15, 0.2) is 0 Å². The number of imide groups is 1. The Balaban J connectivity index is 2.30. The van der Waals surface area contributed by atoms with Crippen LogP contribution < -0.4 is 9.62 Å². The first kappa shape index (κ1) is 19.6. The molecular formula is C18H26N2O4S. The molecule has 6 nitrogen and oxygen atoms in total. The minimum atomic E-state index is -3.78. The number of hydrogen-bond donors (Lipinski definition) is 1. The number of benzene rings is 1. The maximum atomic E-state index is 12.8. The minimum Gasteiger partial charge on any atom is -0.274 e. The molecule has 1 aliphatic rings. The quantitative estimate of drug-likeness (QED) is 0.812. The molecule has 0 aromatic heterocycles. The van der Waals surface area contributed by atoms with Gasteiger partial charge in [0.25, 0.3) is 0 Å². The summed E-state index contributed by atoms with van der Waals surface area (Å²) < 4.78 is 28.3. The summed E-state index contributed by atoms with van der Waals surface area (Å²) in [7, 11) is -3.78. The Bertz CT molecular complexity index is 776. The Labute approximate surface area is 149 Å². The second-order valence-electron chi connectivity index (χ2n) is 8.35. The van der Waals surface area contributed by atoms with Crippen LogP contribution in [-0.4, -0.2) is 25.8 Å². The molecule has 0 atom stereocenters. The van der Waals surface area contributed by atoms with Crippen LogP contribution in [0, 0.1) is 5.41 Å². The van der Waals surface area contributed by atoms with E-state index in [1.807, 2.05) is 34.6 Å². The van der Waals surface area contributed by atoms with E-state index in [9.17, 15) is 18.0 Å². The number of sulfonamides is 1. The third kappa shape index (κ3) is 4.89. The van der Waals surface area contributed by atoms with Gasteiger partial charge in [-0.25, -0.2) is 13.1 Å². The van der Waals surface area contributed by atoms with E-state index in [0.29, 0.717) is 12.1 Å². The van der Waals surface area contributed by atoms with E-state index in [0.717, 1.165) is 4.90 Å². The fourth-order valence-electron chi connectivity index (χ4n) is 3.44. The highest BCUT2D eigenvalue weighted by Crippen LogP contribution is 2.29. The van der Waals surface area contributed by atoms with Gasteiger partial charge in [-0.2, -0.15) is 0 Å². The highest BCUT2D eigenvalue weighted by molar-refractivity contribution is 7.89. The summed E-state index contributed by atoms with van der Waals surface area (Å²) >= 11 is 0. The monoisotopic (exact) mass is 366 g/mol. The van der Waals surface area contributed by atoms with Crippen LogP contribution in [0.3, 0.4) is 0 Å². The zero-order valence-corrected chi connectivity index (χ0v) is 16.2. The molecule has 25 heavy (non-hydrogen) atoms. The fraction of sp³-hybridized carbons (Fsp3) is 0.556. The summed E-state index contributed by atoms with van der Waals surface area (Å²) in [6.07, 6.45) is 0.974. The molecule has 2 amide bonds. The molecule has 1 aliphatic heterocycles. The highest BCUT2D eigenvalue weighted by atomic mass is 32.2. The lowest BCUT2D eigenvalue weighted by molar-refractivity contribution is -0.121. The second kappa shape index (κ2) is 6.53. The van der Waals surface area contributed by atoms with Crippen LogP contribution in [0.5, 0.6) is 0 Å². The molecule has 2 rings (SSSR count). The number of carbonyl (C=O) groups excluding carboxylic acids is 2. The third-order valence-corrected chi connectivity index (χ3v) is 5.52. The molecular weight excluding hydrogens is 340 g/mol. The van der Waals surface area contributed by atoms with Gasteiger partial charge in [0.1, 0.15) is 0 Å². The molecule has 1 N–H and O–H groups in total. The van der Waals surface area contributed by atoms with Crippen molar-refractivity contribution in [2.75, 3.05) is 4.90 Å². The number of carbonyl (C=O) groups is 2. The largest absolute Gasteiger partial charge is 0.274 e. The van der Waals surface area contributed by atoms with E-state index in [1.165, 1.54) is 12.1 Å². The van der Waals surface area contributed by atoms with Crippen molar-refractivity contribution in [1.82, 2.24) is 4.72 Å². The van der Waals surface area contributed by atoms with Crippen LogP contribution >= 0.6 is 0 Å². The average molecular weight is 366 g/mol. The maximum Gasteiger partial charge on any atom is 0.241 e. The third-order valence-electron chi connectivity index (χ3n) is 3.82. The van der Waals surface area contributed by atoms with E-state index in [2.05, 4.69) is 4.72 Å². The molecule has 1 heterocycles. The number of amides is 2. The summed E-state index contributed by atoms with van der Waals surface area (Å²) in [6, 6.07) is 5.95. The summed E-state index contributed by atoms with van der Waals surface area (Å²) in [5.74, 6) is -0.610. The van der Waals surface area contributed by atoms with Crippen molar-refractivity contribution < 1.29 is 18.0 Å². The Hall–Kier alpha value is -1.73. The van der Waals surface area contributed by atoms with Crippen LogP contribution in [-0.2, 0) is 19.6 Å². The first-order valence-corrected chi connectivity index (χ1v) is 9.79. The lowest BCUT2D eigenvalue weighted by atomic mass is 9.82. The van der Waals surface area contributed by atoms with Crippen LogP contribution in [0.1, 0.15) is 53.9 Å². The predicted molar refractivity (Wildman–Crippen MR) is 96.6 cm³/mol. The van der Waals surface area contributed by atoms with Gasteiger partial charge in [-0.15, -0.1) is 0 Å². The van der Waals surface area contributed by atoms with Crippen LogP contribution in [0.25, 0.3) is 0 Å². The fourth-order valence-corrected chi connectivity index (χ4v) is 4.89. The Morgan fingerprint density at radius 3 is 2.12 bits per heavy atom. The minimum absolute atomic E-state index is 0.0394. The van der Waals surface area contributed by atoms with Crippen LogP contribution in [0.15, 0.2) is 29.2 Å². The molecule has 0 saturated carbocycles. The van der Waals surface area contributed by atoms with E-state index in [1.54, 1.807) is 12.1 Å². The van der Waals surface area contributed by atoms with Crippen molar-refractivity contribution in [1.29, 1.82) is 0 Å². The summed E-state index contributed by atoms with van der Waals surface area (Å²) in [5, 5.41) is 0. The SMILES string of the molecule is CC(C)(C)CC(C)(C)NS(=O)(=O)c1cccc(N2C(=O)CCC2=O)c1. The second-order valence-corrected chi connectivity index (χ2v) is 10.0. The van der Waals surface area contributed by atoms with Crippen LogP contribution in [0.2, 0.25) is 0 Å². The molecule has 1 saturated heterocycles. The predicted octanol–water partition coefficient (Wildman–Crippen LogP) is 2.83. The molecule has 7 heteroatoms. The topological polar surface area (TPSA) is 83.6 Å².